The fraction of sp³-hybridized carbons (Fsp3) is 0.158. The van der Waals surface area contributed by atoms with Crippen LogP contribution in [0.1, 0.15) is 10.4 Å². The molecule has 2 heterocycles. The number of nitrogens with zero attached hydrogens (tertiary/aromatic N) is 3. The molecule has 3 rings (SSSR count). The van der Waals surface area contributed by atoms with Crippen LogP contribution < -0.4 is 15.6 Å². The lowest BCUT2D eigenvalue weighted by Gasteiger charge is -2.09. The number of carbonyl (C=O) groups excluding carboxylic acids is 1. The molecule has 132 valence electrons. The molecule has 0 unspecified atom stereocenters. The molecule has 0 radical (unpaired) electrons. The van der Waals surface area contributed by atoms with E-state index >= 15 is 0 Å². The van der Waals surface area contributed by atoms with Crippen LogP contribution in [0.2, 0.25) is 0 Å². The summed E-state index contributed by atoms with van der Waals surface area (Å²) in [7, 11) is 1.60. The third kappa shape index (κ3) is 4.13. The van der Waals surface area contributed by atoms with Gasteiger partial charge < -0.3 is 10.1 Å². The maximum atomic E-state index is 12.0. The van der Waals surface area contributed by atoms with Crippen LogP contribution in [0.5, 0.6) is 5.75 Å². The molecule has 1 amide bonds. The molecule has 1 aromatic carbocycles. The van der Waals surface area contributed by atoms with Crippen molar-refractivity contribution in [2.75, 3.05) is 13.7 Å². The Bertz CT molecular complexity index is 937. The van der Waals surface area contributed by atoms with E-state index in [1.54, 1.807) is 37.7 Å². The van der Waals surface area contributed by atoms with Crippen molar-refractivity contribution in [1.82, 2.24) is 20.1 Å². The van der Waals surface area contributed by atoms with Crippen LogP contribution in [-0.4, -0.2) is 34.3 Å². The van der Waals surface area contributed by atoms with Gasteiger partial charge in [0.2, 0.25) is 0 Å². The van der Waals surface area contributed by atoms with E-state index in [1.165, 1.54) is 10.7 Å². The van der Waals surface area contributed by atoms with Gasteiger partial charge in [-0.25, -0.2) is 4.68 Å². The maximum Gasteiger partial charge on any atom is 0.266 e. The Hall–Kier alpha value is -3.48. The Morgan fingerprint density at radius 3 is 2.50 bits per heavy atom. The molecule has 0 atom stereocenters. The minimum absolute atomic E-state index is 0.216. The summed E-state index contributed by atoms with van der Waals surface area (Å²) < 4.78 is 6.48. The number of rotatable bonds is 6. The van der Waals surface area contributed by atoms with Crippen LogP contribution in [0, 0.1) is 0 Å². The van der Waals surface area contributed by atoms with E-state index in [9.17, 15) is 9.59 Å². The summed E-state index contributed by atoms with van der Waals surface area (Å²) in [6.45, 7) is 0.569. The Morgan fingerprint density at radius 2 is 1.81 bits per heavy atom. The highest BCUT2D eigenvalue weighted by molar-refractivity contribution is 5.93. The van der Waals surface area contributed by atoms with Gasteiger partial charge in [0.1, 0.15) is 5.75 Å². The lowest BCUT2D eigenvalue weighted by molar-refractivity contribution is 0.0951. The van der Waals surface area contributed by atoms with Gasteiger partial charge in [-0.05, 0) is 42.5 Å². The quantitative estimate of drug-likeness (QED) is 0.732. The molecule has 0 aliphatic heterocycles. The van der Waals surface area contributed by atoms with Crippen molar-refractivity contribution >= 4 is 5.91 Å². The number of hydrogen-bond acceptors (Lipinski definition) is 5. The summed E-state index contributed by atoms with van der Waals surface area (Å²) in [5.41, 5.74) is 1.85. The Labute approximate surface area is 150 Å². The number of pyridine rings is 1. The van der Waals surface area contributed by atoms with Crippen LogP contribution in [0.4, 0.5) is 0 Å². The number of methoxy groups -OCH3 is 1. The molecule has 26 heavy (non-hydrogen) atoms. The molecule has 0 saturated carbocycles. The van der Waals surface area contributed by atoms with Gasteiger partial charge in [0.15, 0.2) is 0 Å². The predicted molar refractivity (Wildman–Crippen MR) is 97.1 cm³/mol. The number of aromatic nitrogens is 3. The summed E-state index contributed by atoms with van der Waals surface area (Å²) in [5.74, 6) is 0.535. The summed E-state index contributed by atoms with van der Waals surface area (Å²) in [4.78, 5) is 27.9. The minimum atomic E-state index is -0.222. The van der Waals surface area contributed by atoms with Crippen LogP contribution in [-0.2, 0) is 6.54 Å². The monoisotopic (exact) mass is 350 g/mol. The van der Waals surface area contributed by atoms with E-state index in [-0.39, 0.29) is 18.0 Å². The van der Waals surface area contributed by atoms with E-state index in [1.807, 2.05) is 24.3 Å². The zero-order valence-electron chi connectivity index (χ0n) is 14.3. The number of hydrogen-bond donors (Lipinski definition) is 1. The van der Waals surface area contributed by atoms with Gasteiger partial charge in [-0.2, -0.15) is 5.10 Å². The van der Waals surface area contributed by atoms with Crippen molar-refractivity contribution in [3.05, 3.63) is 76.8 Å². The summed E-state index contributed by atoms with van der Waals surface area (Å²) in [6.07, 6.45) is 3.11. The third-order valence-electron chi connectivity index (χ3n) is 3.80. The Morgan fingerprint density at radius 1 is 1.08 bits per heavy atom. The zero-order valence-corrected chi connectivity index (χ0v) is 14.3. The first kappa shape index (κ1) is 17.3. The summed E-state index contributed by atoms with van der Waals surface area (Å²) in [6, 6.07) is 13.8. The molecule has 0 spiro atoms. The number of benzene rings is 1. The lowest BCUT2D eigenvalue weighted by Crippen LogP contribution is -2.31. The molecule has 3 aromatic rings. The highest BCUT2D eigenvalue weighted by Gasteiger charge is 2.06. The summed E-state index contributed by atoms with van der Waals surface area (Å²) >= 11 is 0. The first-order valence-corrected chi connectivity index (χ1v) is 8.08. The van der Waals surface area contributed by atoms with Crippen molar-refractivity contribution in [3.8, 4) is 17.0 Å². The molecular formula is C19H18N4O3. The molecule has 0 aliphatic carbocycles. The van der Waals surface area contributed by atoms with Gasteiger partial charge in [-0.3, -0.25) is 14.6 Å². The van der Waals surface area contributed by atoms with Crippen LogP contribution in [0.3, 0.4) is 0 Å². The molecule has 0 bridgehead atoms. The average Bonchev–Trinajstić information content (AvgIpc) is 2.70. The number of carbonyl (C=O) groups is 1. The number of ether oxygens (including phenoxy) is 1. The third-order valence-corrected chi connectivity index (χ3v) is 3.80. The second-order valence-corrected chi connectivity index (χ2v) is 5.50. The fourth-order valence-electron chi connectivity index (χ4n) is 2.41. The van der Waals surface area contributed by atoms with Crippen LogP contribution >= 0.6 is 0 Å². The Kier molecular flexibility index (Phi) is 5.38. The summed E-state index contributed by atoms with van der Waals surface area (Å²) in [5, 5.41) is 7.14. The van der Waals surface area contributed by atoms with Crippen molar-refractivity contribution in [2.24, 2.45) is 0 Å². The van der Waals surface area contributed by atoms with Gasteiger partial charge in [-0.15, -0.1) is 0 Å². The normalized spacial score (nSPS) is 10.3. The molecular weight excluding hydrogens is 332 g/mol. The van der Waals surface area contributed by atoms with E-state index in [2.05, 4.69) is 15.4 Å². The minimum Gasteiger partial charge on any atom is -0.497 e. The van der Waals surface area contributed by atoms with Crippen LogP contribution in [0.25, 0.3) is 11.3 Å². The van der Waals surface area contributed by atoms with E-state index < -0.39 is 0 Å². The highest BCUT2D eigenvalue weighted by Crippen LogP contribution is 2.19. The van der Waals surface area contributed by atoms with Crippen molar-refractivity contribution < 1.29 is 9.53 Å². The molecule has 0 aliphatic rings. The first-order chi connectivity index (χ1) is 12.7. The van der Waals surface area contributed by atoms with Crippen molar-refractivity contribution in [2.45, 2.75) is 6.54 Å². The molecule has 1 N–H and O–H groups in total. The largest absolute Gasteiger partial charge is 0.497 e. The van der Waals surface area contributed by atoms with Gasteiger partial charge in [0, 0.05) is 36.1 Å². The molecule has 7 heteroatoms. The highest BCUT2D eigenvalue weighted by atomic mass is 16.5. The SMILES string of the molecule is COc1ccc(-c2ccc(=O)n(CCNC(=O)c3ccncc3)n2)cc1. The molecule has 2 aromatic heterocycles. The second kappa shape index (κ2) is 8.06. The standard InChI is InChI=1S/C19H18N4O3/c1-26-16-4-2-14(3-5-16)17-6-7-18(24)23(22-17)13-12-21-19(25)15-8-10-20-11-9-15/h2-11H,12-13H2,1H3,(H,21,25). The van der Waals surface area contributed by atoms with E-state index in [4.69, 9.17) is 4.74 Å². The van der Waals surface area contributed by atoms with E-state index in [0.717, 1.165) is 11.3 Å². The van der Waals surface area contributed by atoms with Crippen LogP contribution in [0.15, 0.2) is 65.7 Å². The van der Waals surface area contributed by atoms with Crippen molar-refractivity contribution in [1.29, 1.82) is 0 Å². The van der Waals surface area contributed by atoms with Gasteiger partial charge in [0.25, 0.3) is 11.5 Å². The van der Waals surface area contributed by atoms with Gasteiger partial charge >= 0.3 is 0 Å². The smallest absolute Gasteiger partial charge is 0.266 e. The zero-order chi connectivity index (χ0) is 18.4. The predicted octanol–water partition coefficient (Wildman–Crippen LogP) is 1.74. The van der Waals surface area contributed by atoms with Gasteiger partial charge in [0.05, 0.1) is 19.3 Å². The molecule has 7 nitrogen and oxygen atoms in total. The molecule has 0 saturated heterocycles. The second-order valence-electron chi connectivity index (χ2n) is 5.50. The number of amides is 1. The van der Waals surface area contributed by atoms with E-state index in [0.29, 0.717) is 17.8 Å². The van der Waals surface area contributed by atoms with Gasteiger partial charge in [-0.1, -0.05) is 0 Å². The molecule has 0 fully saturated rings. The number of nitrogens with one attached hydrogen (secondary N) is 1. The first-order valence-electron chi connectivity index (χ1n) is 8.08. The van der Waals surface area contributed by atoms with Crippen molar-refractivity contribution in [3.63, 3.8) is 0 Å². The Balaban J connectivity index is 1.68. The average molecular weight is 350 g/mol. The lowest BCUT2D eigenvalue weighted by atomic mass is 10.1. The maximum absolute atomic E-state index is 12.0. The topological polar surface area (TPSA) is 86.1 Å². The fourth-order valence-corrected chi connectivity index (χ4v) is 2.41.